The van der Waals surface area contributed by atoms with E-state index in [1.165, 1.54) is 0 Å². The van der Waals surface area contributed by atoms with Gasteiger partial charge in [0.05, 0.1) is 0 Å². The molecule has 0 spiro atoms. The first-order valence-corrected chi connectivity index (χ1v) is 1.65. The topological polar surface area (TPSA) is 26.0 Å². The van der Waals surface area contributed by atoms with Gasteiger partial charge in [0.2, 0.25) is 0 Å². The summed E-state index contributed by atoms with van der Waals surface area (Å²) < 4.78 is 0. The number of nitrogens with two attached hydrogens (primary N) is 1. The van der Waals surface area contributed by atoms with E-state index in [1.807, 2.05) is 6.92 Å². The van der Waals surface area contributed by atoms with Crippen LogP contribution in [0.2, 0.25) is 0 Å². The molecule has 0 amide bonds. The summed E-state index contributed by atoms with van der Waals surface area (Å²) in [4.78, 5) is 0. The molecule has 2 N–H and O–H groups in total. The molecule has 0 bridgehead atoms. The van der Waals surface area contributed by atoms with Crippen LogP contribution in [0, 0.1) is 0 Å². The molecule has 0 aromatic carbocycles. The van der Waals surface area contributed by atoms with Crippen molar-refractivity contribution in [3.63, 3.8) is 0 Å². The molecule has 5 heavy (non-hydrogen) atoms. The summed E-state index contributed by atoms with van der Waals surface area (Å²) in [6, 6.07) is 0. The molecule has 1 atom stereocenters. The monoisotopic (exact) mass is 69.1 g/mol. The van der Waals surface area contributed by atoms with Crippen LogP contribution in [0.1, 0.15) is 6.92 Å². The standard InChI is InChI=1S/C3H8BN/c1-3(5)4-2/h3H,2,5H2,1H3. The summed E-state index contributed by atoms with van der Waals surface area (Å²) in [6.45, 7) is 7.01. The molecule has 0 aliphatic carbocycles. The van der Waals surface area contributed by atoms with Crippen LogP contribution in [0.5, 0.6) is 0 Å². The third-order valence-corrected chi connectivity index (χ3v) is 0.372. The van der Waals surface area contributed by atoms with Crippen molar-refractivity contribution in [3.05, 3.63) is 0 Å². The van der Waals surface area contributed by atoms with E-state index in [1.54, 1.807) is 6.92 Å². The summed E-state index contributed by atoms with van der Waals surface area (Å²) in [5, 5.41) is 0. The maximum atomic E-state index is 5.17. The van der Waals surface area contributed by atoms with Gasteiger partial charge in [-0.1, -0.05) is 0 Å². The molecule has 0 heterocycles. The van der Waals surface area contributed by atoms with Crippen molar-refractivity contribution in [3.8, 4) is 0 Å². The molecular formula is C3H8BN. The number of hydrogen-bond acceptors (Lipinski definition) is 1. The van der Waals surface area contributed by atoms with Gasteiger partial charge in [-0.05, 0) is 0 Å². The van der Waals surface area contributed by atoms with Crippen molar-refractivity contribution in [1.29, 1.82) is 0 Å². The Hall–Kier alpha value is -0.105. The predicted octanol–water partition coefficient (Wildman–Crippen LogP) is -0.573. The van der Waals surface area contributed by atoms with Gasteiger partial charge < -0.3 is 0 Å². The zero-order valence-electron chi connectivity index (χ0n) is 3.44. The molecule has 2 heteroatoms. The minimum atomic E-state index is 0.148. The molecule has 0 saturated heterocycles. The summed E-state index contributed by atoms with van der Waals surface area (Å²) in [7, 11) is 0. The van der Waals surface area contributed by atoms with Crippen LogP contribution >= 0.6 is 0 Å². The Kier molecular flexibility index (Phi) is 2.11. The van der Waals surface area contributed by atoms with Gasteiger partial charge in [-0.2, -0.15) is 0 Å². The Bertz CT molecular complexity index is 33.9. The van der Waals surface area contributed by atoms with Crippen LogP contribution < -0.4 is 5.73 Å². The van der Waals surface area contributed by atoms with Crippen LogP contribution in [0.15, 0.2) is 0 Å². The SMILES string of the molecule is C=BC(C)N. The molecule has 0 aromatic heterocycles. The van der Waals surface area contributed by atoms with Crippen molar-refractivity contribution in [2.75, 3.05) is 0 Å². The average Bonchev–Trinajstić information content (AvgIpc) is 1.38. The van der Waals surface area contributed by atoms with Gasteiger partial charge in [0.1, 0.15) is 0 Å². The fourth-order valence-corrected chi connectivity index (χ4v) is 0. The second-order valence-corrected chi connectivity index (χ2v) is 1.09. The maximum absolute atomic E-state index is 5.17. The Morgan fingerprint density at radius 1 is 2.00 bits per heavy atom. The van der Waals surface area contributed by atoms with Crippen LogP contribution in [0.25, 0.3) is 0 Å². The molecule has 0 aliphatic heterocycles. The van der Waals surface area contributed by atoms with Crippen LogP contribution in [0.3, 0.4) is 0 Å². The van der Waals surface area contributed by atoms with Crippen molar-refractivity contribution < 1.29 is 0 Å². The molecule has 0 radical (unpaired) electrons. The van der Waals surface area contributed by atoms with Crippen molar-refractivity contribution in [1.82, 2.24) is 0 Å². The van der Waals surface area contributed by atoms with Gasteiger partial charge in [-0.3, -0.25) is 0 Å². The van der Waals surface area contributed by atoms with Gasteiger partial charge in [-0.15, -0.1) is 0 Å². The summed E-state index contributed by atoms with van der Waals surface area (Å²) in [6.07, 6.45) is 0. The molecule has 1 unspecified atom stereocenters. The zero-order chi connectivity index (χ0) is 4.28. The molecule has 0 aromatic rings. The Morgan fingerprint density at radius 2 is 2.20 bits per heavy atom. The van der Waals surface area contributed by atoms with E-state index in [2.05, 4.69) is 6.47 Å². The van der Waals surface area contributed by atoms with Gasteiger partial charge in [0.15, 0.2) is 0 Å². The van der Waals surface area contributed by atoms with Crippen LogP contribution in [-0.4, -0.2) is 19.3 Å². The Morgan fingerprint density at radius 3 is 2.20 bits per heavy atom. The van der Waals surface area contributed by atoms with Crippen LogP contribution in [0.4, 0.5) is 0 Å². The van der Waals surface area contributed by atoms with E-state index in [4.69, 9.17) is 5.73 Å². The van der Waals surface area contributed by atoms with E-state index in [-0.39, 0.29) is 5.94 Å². The summed E-state index contributed by atoms with van der Waals surface area (Å²) in [5.74, 6) is 0.148. The summed E-state index contributed by atoms with van der Waals surface area (Å²) in [5.41, 5.74) is 5.17. The van der Waals surface area contributed by atoms with Gasteiger partial charge in [-0.25, -0.2) is 0 Å². The quantitative estimate of drug-likeness (QED) is 0.410. The number of rotatable bonds is 1. The van der Waals surface area contributed by atoms with Crippen LogP contribution in [-0.2, 0) is 0 Å². The molecule has 0 aliphatic rings. The van der Waals surface area contributed by atoms with E-state index < -0.39 is 0 Å². The van der Waals surface area contributed by atoms with E-state index in [0.29, 0.717) is 0 Å². The summed E-state index contributed by atoms with van der Waals surface area (Å²) >= 11 is 0. The molecule has 0 rings (SSSR count). The fourth-order valence-electron chi connectivity index (χ4n) is 0. The van der Waals surface area contributed by atoms with Crippen molar-refractivity contribution in [2.24, 2.45) is 5.73 Å². The predicted molar refractivity (Wildman–Crippen MR) is 26.5 cm³/mol. The van der Waals surface area contributed by atoms with Gasteiger partial charge in [0.25, 0.3) is 0 Å². The first-order valence-electron chi connectivity index (χ1n) is 1.65. The van der Waals surface area contributed by atoms with Crippen molar-refractivity contribution >= 4 is 13.4 Å². The van der Waals surface area contributed by atoms with E-state index in [9.17, 15) is 0 Å². The minimum absolute atomic E-state index is 0.148. The second kappa shape index (κ2) is 2.15. The fraction of sp³-hybridized carbons (Fsp3) is 0.667. The van der Waals surface area contributed by atoms with E-state index >= 15 is 0 Å². The molecule has 0 saturated carbocycles. The third kappa shape index (κ3) is 3.89. The molecule has 1 nitrogen and oxygen atoms in total. The normalized spacial score (nSPS) is 13.2. The Balaban J connectivity index is 2.83. The molecular weight excluding hydrogens is 60.9 g/mol. The average molecular weight is 68.9 g/mol. The van der Waals surface area contributed by atoms with Gasteiger partial charge in [0, 0.05) is 0 Å². The Labute approximate surface area is 33.1 Å². The number of hydrogen-bond donors (Lipinski definition) is 1. The zero-order valence-corrected chi connectivity index (χ0v) is 3.44. The molecule has 0 fully saturated rings. The first kappa shape index (κ1) is 4.89. The molecule has 28 valence electrons. The van der Waals surface area contributed by atoms with Crippen molar-refractivity contribution in [2.45, 2.75) is 12.9 Å². The second-order valence-electron chi connectivity index (χ2n) is 1.09. The third-order valence-electron chi connectivity index (χ3n) is 0.372. The van der Waals surface area contributed by atoms with Gasteiger partial charge >= 0.3 is 32.0 Å². The first-order chi connectivity index (χ1) is 2.27. The van der Waals surface area contributed by atoms with E-state index in [0.717, 1.165) is 0 Å².